The van der Waals surface area contributed by atoms with Crippen LogP contribution in [0.5, 0.6) is 0 Å². The van der Waals surface area contributed by atoms with E-state index in [2.05, 4.69) is 34.0 Å². The molecule has 1 N–H and O–H groups in total. The normalized spacial score (nSPS) is 19.3. The van der Waals surface area contributed by atoms with Gasteiger partial charge in [-0.15, -0.1) is 0 Å². The number of aliphatic imine (C=N–C) groups is 1. The molecule has 0 aliphatic carbocycles. The Morgan fingerprint density at radius 3 is 2.74 bits per heavy atom. The number of aromatic nitrogens is 2. The minimum absolute atomic E-state index is 0.00311. The highest BCUT2D eigenvalue weighted by atomic mass is 19.1. The number of hydrogen-bond acceptors (Lipinski definition) is 5. The molecule has 3 aromatic rings. The third-order valence-electron chi connectivity index (χ3n) is 6.57. The van der Waals surface area contributed by atoms with E-state index < -0.39 is 23.4 Å². The number of imide groups is 1. The summed E-state index contributed by atoms with van der Waals surface area (Å²) < 4.78 is 30.4. The van der Waals surface area contributed by atoms with E-state index in [9.17, 15) is 18.4 Å². The number of nitrogens with one attached hydrogen (secondary N) is 1. The molecule has 3 aliphatic rings. The van der Waals surface area contributed by atoms with Crippen molar-refractivity contribution in [3.63, 3.8) is 0 Å². The number of hydrogen-bond donors (Lipinski definition) is 1. The number of carbonyl (C=O) groups is 2. The molecule has 1 aromatic carbocycles. The maximum Gasteiger partial charge on any atom is 0.261 e. The maximum absolute atomic E-state index is 14.7. The van der Waals surface area contributed by atoms with Crippen LogP contribution in [0.15, 0.2) is 59.6 Å². The van der Waals surface area contributed by atoms with E-state index in [1.807, 2.05) is 6.20 Å². The van der Waals surface area contributed by atoms with Gasteiger partial charge in [0, 0.05) is 30.2 Å². The lowest BCUT2D eigenvalue weighted by molar-refractivity contribution is -0.123. The van der Waals surface area contributed by atoms with Crippen LogP contribution in [-0.4, -0.2) is 33.0 Å². The molecule has 0 spiro atoms. The van der Waals surface area contributed by atoms with Crippen molar-refractivity contribution in [1.82, 2.24) is 14.7 Å². The van der Waals surface area contributed by atoms with E-state index in [1.54, 1.807) is 12.4 Å². The summed E-state index contributed by atoms with van der Waals surface area (Å²) in [5.74, 6) is -2.02. The third kappa shape index (κ3) is 2.79. The first kappa shape index (κ1) is 20.5. The van der Waals surface area contributed by atoms with Gasteiger partial charge in [0.2, 0.25) is 0 Å². The molecule has 0 bridgehead atoms. The van der Waals surface area contributed by atoms with Gasteiger partial charge in [0.25, 0.3) is 11.8 Å². The molecule has 6 rings (SSSR count). The second kappa shape index (κ2) is 7.18. The van der Waals surface area contributed by atoms with Crippen molar-refractivity contribution < 1.29 is 18.4 Å². The van der Waals surface area contributed by atoms with Crippen molar-refractivity contribution in [2.24, 2.45) is 10.9 Å². The van der Waals surface area contributed by atoms with Crippen molar-refractivity contribution in [3.8, 4) is 0 Å². The number of rotatable bonds is 3. The minimum Gasteiger partial charge on any atom is -0.342 e. The Labute approximate surface area is 193 Å². The van der Waals surface area contributed by atoms with Crippen LogP contribution in [-0.2, 0) is 16.0 Å². The molecule has 7 nitrogen and oxygen atoms in total. The summed E-state index contributed by atoms with van der Waals surface area (Å²) in [6, 6.07) is 5.70. The zero-order valence-corrected chi connectivity index (χ0v) is 18.3. The monoisotopic (exact) mass is 459 g/mol. The van der Waals surface area contributed by atoms with Crippen LogP contribution in [0.3, 0.4) is 0 Å². The van der Waals surface area contributed by atoms with E-state index in [0.29, 0.717) is 12.0 Å². The molecule has 34 heavy (non-hydrogen) atoms. The van der Waals surface area contributed by atoms with Crippen LogP contribution in [0.1, 0.15) is 30.7 Å². The predicted molar refractivity (Wildman–Crippen MR) is 122 cm³/mol. The zero-order chi connectivity index (χ0) is 23.7. The summed E-state index contributed by atoms with van der Waals surface area (Å²) in [6.45, 7) is 4.20. The topological polar surface area (TPSA) is 79.1 Å². The Kier molecular flexibility index (Phi) is 4.32. The summed E-state index contributed by atoms with van der Waals surface area (Å²) in [7, 11) is 0. The number of carbonyl (C=O) groups excluding carboxylic acids is 2. The first-order valence-corrected chi connectivity index (χ1v) is 10.9. The van der Waals surface area contributed by atoms with Gasteiger partial charge in [0.05, 0.1) is 34.4 Å². The molecule has 3 aliphatic heterocycles. The van der Waals surface area contributed by atoms with E-state index >= 15 is 0 Å². The summed E-state index contributed by atoms with van der Waals surface area (Å²) in [6.07, 6.45) is 6.94. The number of pyridine rings is 1. The highest BCUT2D eigenvalue weighted by molar-refractivity contribution is 6.47. The Morgan fingerprint density at radius 1 is 1.15 bits per heavy atom. The van der Waals surface area contributed by atoms with Gasteiger partial charge in [-0.25, -0.2) is 13.8 Å². The van der Waals surface area contributed by atoms with Crippen LogP contribution in [0.25, 0.3) is 11.2 Å². The Balaban J connectivity index is 1.62. The third-order valence-corrected chi connectivity index (χ3v) is 6.57. The minimum atomic E-state index is -0.650. The van der Waals surface area contributed by atoms with Gasteiger partial charge in [-0.1, -0.05) is 13.8 Å². The average Bonchev–Trinajstić information content (AvgIpc) is 3.41. The van der Waals surface area contributed by atoms with Gasteiger partial charge in [0.15, 0.2) is 11.5 Å². The molecule has 9 heteroatoms. The predicted octanol–water partition coefficient (Wildman–Crippen LogP) is 3.38. The van der Waals surface area contributed by atoms with Crippen LogP contribution >= 0.6 is 0 Å². The lowest BCUT2D eigenvalue weighted by Gasteiger charge is -2.27. The number of halogens is 2. The van der Waals surface area contributed by atoms with Gasteiger partial charge < -0.3 is 4.90 Å². The lowest BCUT2D eigenvalue weighted by Crippen LogP contribution is -2.32. The fourth-order valence-corrected chi connectivity index (χ4v) is 5.06. The number of imidazole rings is 1. The molecule has 0 saturated heterocycles. The van der Waals surface area contributed by atoms with Gasteiger partial charge in [-0.3, -0.25) is 24.3 Å². The van der Waals surface area contributed by atoms with E-state index in [0.717, 1.165) is 11.3 Å². The maximum atomic E-state index is 14.7. The number of nitrogens with zero attached hydrogens (tertiary/aromatic N) is 4. The van der Waals surface area contributed by atoms with Crippen molar-refractivity contribution in [1.29, 1.82) is 0 Å². The van der Waals surface area contributed by atoms with Crippen molar-refractivity contribution in [2.75, 3.05) is 4.90 Å². The van der Waals surface area contributed by atoms with Crippen LogP contribution in [0.2, 0.25) is 0 Å². The molecule has 1 unspecified atom stereocenters. The molecule has 2 aromatic heterocycles. The molecule has 0 fully saturated rings. The number of fused-ring (bicyclic) bond motifs is 1. The molecular formula is C25H19F2N5O2. The Hall–Kier alpha value is -4.14. The highest BCUT2D eigenvalue weighted by Gasteiger charge is 2.40. The summed E-state index contributed by atoms with van der Waals surface area (Å²) >= 11 is 0. The first-order chi connectivity index (χ1) is 16.3. The van der Waals surface area contributed by atoms with Crippen LogP contribution in [0.4, 0.5) is 14.5 Å². The molecule has 2 amide bonds. The summed E-state index contributed by atoms with van der Waals surface area (Å²) in [5.41, 5.74) is 2.49. The fraction of sp³-hybridized carbons (Fsp3) is 0.200. The highest BCUT2D eigenvalue weighted by Crippen LogP contribution is 2.42. The van der Waals surface area contributed by atoms with Crippen molar-refractivity contribution >= 4 is 34.4 Å². The fourth-order valence-electron chi connectivity index (χ4n) is 5.06. The van der Waals surface area contributed by atoms with Crippen molar-refractivity contribution in [2.45, 2.75) is 26.3 Å². The Bertz CT molecular complexity index is 1510. The molecule has 5 heterocycles. The molecule has 0 radical (unpaired) electrons. The second-order valence-electron chi connectivity index (χ2n) is 8.89. The second-order valence-corrected chi connectivity index (χ2v) is 8.89. The SMILES string of the molecule is CC(C)C1Cc2cc(F)cc3c2N1C=CN=C3C1=C(c2cnc3c(F)cccn23)C(=O)NC1=O. The van der Waals surface area contributed by atoms with Gasteiger partial charge in [0.1, 0.15) is 5.82 Å². The van der Waals surface area contributed by atoms with Crippen LogP contribution in [0, 0.1) is 17.6 Å². The molecular weight excluding hydrogens is 440 g/mol. The summed E-state index contributed by atoms with van der Waals surface area (Å²) in [4.78, 5) is 36.6. The number of benzene rings is 1. The van der Waals surface area contributed by atoms with Gasteiger partial charge in [-0.2, -0.15) is 0 Å². The number of amides is 2. The molecule has 0 saturated carbocycles. The quantitative estimate of drug-likeness (QED) is 0.609. The zero-order valence-electron chi connectivity index (χ0n) is 18.3. The average molecular weight is 459 g/mol. The summed E-state index contributed by atoms with van der Waals surface area (Å²) in [5, 5.41) is 2.32. The van der Waals surface area contributed by atoms with E-state index in [-0.39, 0.29) is 40.2 Å². The lowest BCUT2D eigenvalue weighted by atomic mass is 9.94. The van der Waals surface area contributed by atoms with Gasteiger partial charge in [-0.05, 0) is 42.2 Å². The Morgan fingerprint density at radius 2 is 1.94 bits per heavy atom. The molecule has 170 valence electrons. The first-order valence-electron chi connectivity index (χ1n) is 10.9. The van der Waals surface area contributed by atoms with E-state index in [1.165, 1.54) is 34.9 Å². The largest absolute Gasteiger partial charge is 0.342 e. The number of anilines is 1. The van der Waals surface area contributed by atoms with Gasteiger partial charge >= 0.3 is 0 Å². The molecule has 1 atom stereocenters. The van der Waals surface area contributed by atoms with Crippen molar-refractivity contribution in [3.05, 3.63) is 83.1 Å². The van der Waals surface area contributed by atoms with Crippen LogP contribution < -0.4 is 10.2 Å². The standard InChI is InChI=1S/C25H19F2N5O2/c1-12(2)17-9-13-8-14(26)10-15-21(28-5-7-31(17)22(13)15)20-19(24(33)30-25(20)34)18-11-29-23-16(27)4-3-6-32(18)23/h3-8,10-12,17H,9H2,1-2H3,(H,30,33,34). The van der Waals surface area contributed by atoms with E-state index in [4.69, 9.17) is 0 Å². The smallest absolute Gasteiger partial charge is 0.261 e.